The molecule has 1 aromatic carbocycles. The van der Waals surface area contributed by atoms with Gasteiger partial charge in [0.2, 0.25) is 0 Å². The maximum atomic E-state index is 13.7. The normalized spacial score (nSPS) is 16.0. The highest BCUT2D eigenvalue weighted by molar-refractivity contribution is 7.18. The third-order valence-corrected chi connectivity index (χ3v) is 6.42. The Kier molecular flexibility index (Phi) is 6.14. The zero-order valence-electron chi connectivity index (χ0n) is 17.3. The van der Waals surface area contributed by atoms with Crippen LogP contribution in [0.5, 0.6) is 0 Å². The number of hydrogen-bond acceptors (Lipinski definition) is 5. The van der Waals surface area contributed by atoms with Crippen molar-refractivity contribution in [1.82, 2.24) is 20.2 Å². The Bertz CT molecular complexity index is 1230. The number of carbonyl (C=O) groups excluding carboxylic acids is 1. The number of benzene rings is 1. The molecule has 1 saturated heterocycles. The quantitative estimate of drug-likeness (QED) is 0.491. The second kappa shape index (κ2) is 8.78. The van der Waals surface area contributed by atoms with Crippen molar-refractivity contribution >= 4 is 33.6 Å². The number of rotatable bonds is 4. The molecule has 0 radical (unpaired) electrons. The predicted octanol–water partition coefficient (Wildman–Crippen LogP) is 5.02. The number of carbonyl (C=O) groups is 2. The van der Waals surface area contributed by atoms with Gasteiger partial charge in [-0.25, -0.2) is 18.6 Å². The average Bonchev–Trinajstić information content (AvgIpc) is 3.19. The van der Waals surface area contributed by atoms with Crippen LogP contribution in [0.15, 0.2) is 30.5 Å². The summed E-state index contributed by atoms with van der Waals surface area (Å²) < 4.78 is 67.7. The summed E-state index contributed by atoms with van der Waals surface area (Å²) in [5, 5.41) is 10.9. The molecule has 0 unspecified atom stereocenters. The van der Waals surface area contributed by atoms with Gasteiger partial charge in [-0.05, 0) is 24.3 Å². The van der Waals surface area contributed by atoms with Crippen molar-refractivity contribution in [2.75, 3.05) is 13.1 Å². The molecule has 1 aliphatic heterocycles. The number of fused-ring (bicyclic) bond motifs is 1. The van der Waals surface area contributed by atoms with Gasteiger partial charge in [-0.3, -0.25) is 9.78 Å². The molecule has 0 aliphatic carbocycles. The Morgan fingerprint density at radius 2 is 1.88 bits per heavy atom. The maximum Gasteiger partial charge on any atom is 0.417 e. The minimum absolute atomic E-state index is 0.0354. The fourth-order valence-corrected chi connectivity index (χ4v) is 4.59. The zero-order valence-corrected chi connectivity index (χ0v) is 18.1. The third-order valence-electron chi connectivity index (χ3n) is 5.32. The van der Waals surface area contributed by atoms with Crippen LogP contribution in [0.1, 0.15) is 33.8 Å². The monoisotopic (exact) mass is 500 g/mol. The van der Waals surface area contributed by atoms with Gasteiger partial charge in [0.1, 0.15) is 5.01 Å². The molecule has 0 spiro atoms. The number of likely N-dealkylation sites (tertiary alicyclic amines) is 1. The van der Waals surface area contributed by atoms with Gasteiger partial charge in [0.25, 0.3) is 11.8 Å². The number of nitrogens with zero attached hydrogens (tertiary/aromatic N) is 3. The first-order valence-corrected chi connectivity index (χ1v) is 10.9. The van der Waals surface area contributed by atoms with E-state index in [-0.39, 0.29) is 51.7 Å². The zero-order chi connectivity index (χ0) is 24.7. The van der Waals surface area contributed by atoms with Crippen molar-refractivity contribution in [2.45, 2.75) is 31.5 Å². The SMILES string of the molecule is O=C(O)NCc1nc2cc(-c3ccc(C(=O)N4CCC(F)(F)CC4)cn3)cc(C(F)(F)F)c2s1. The first kappa shape index (κ1) is 23.8. The van der Waals surface area contributed by atoms with Crippen molar-refractivity contribution in [3.05, 3.63) is 46.6 Å². The molecule has 13 heteroatoms. The van der Waals surface area contributed by atoms with E-state index in [9.17, 15) is 31.5 Å². The lowest BCUT2D eigenvalue weighted by Crippen LogP contribution is -2.42. The molecule has 1 fully saturated rings. The van der Waals surface area contributed by atoms with Crippen molar-refractivity contribution in [3.63, 3.8) is 0 Å². The number of hydrogen-bond donors (Lipinski definition) is 2. The van der Waals surface area contributed by atoms with E-state index in [0.717, 1.165) is 17.4 Å². The van der Waals surface area contributed by atoms with E-state index in [2.05, 4.69) is 15.3 Å². The number of thiazole rings is 1. The van der Waals surface area contributed by atoms with Crippen molar-refractivity contribution in [1.29, 1.82) is 0 Å². The minimum atomic E-state index is -4.69. The number of amides is 2. The molecule has 3 heterocycles. The molecule has 1 aliphatic rings. The van der Waals surface area contributed by atoms with E-state index in [1.165, 1.54) is 29.3 Å². The van der Waals surface area contributed by atoms with Crippen molar-refractivity contribution in [2.24, 2.45) is 0 Å². The summed E-state index contributed by atoms with van der Waals surface area (Å²) in [7, 11) is 0. The van der Waals surface area contributed by atoms with Crippen LogP contribution in [-0.2, 0) is 12.7 Å². The molecule has 3 aromatic rings. The largest absolute Gasteiger partial charge is 0.465 e. The molecular formula is C21H17F5N4O3S. The van der Waals surface area contributed by atoms with Crippen LogP contribution in [0.3, 0.4) is 0 Å². The van der Waals surface area contributed by atoms with Gasteiger partial charge in [-0.15, -0.1) is 11.3 Å². The lowest BCUT2D eigenvalue weighted by molar-refractivity contribution is -0.136. The Balaban J connectivity index is 1.62. The molecule has 0 saturated carbocycles. The molecule has 2 amide bonds. The standard InChI is InChI=1S/C21H17F5N4O3S/c22-20(23)3-5-30(6-4-20)18(31)11-1-2-14(27-9-11)12-7-13(21(24,25)26)17-15(8-12)29-16(34-17)10-28-19(32)33/h1-2,7-9,28H,3-6,10H2,(H,32,33). The fraction of sp³-hybridized carbons (Fsp3) is 0.333. The van der Waals surface area contributed by atoms with Crippen LogP contribution in [0.2, 0.25) is 0 Å². The highest BCUT2D eigenvalue weighted by atomic mass is 32.1. The number of halogens is 5. The van der Waals surface area contributed by atoms with E-state index in [0.29, 0.717) is 0 Å². The number of carboxylic acid groups (broad SMARTS) is 1. The highest BCUT2D eigenvalue weighted by Crippen LogP contribution is 2.40. The van der Waals surface area contributed by atoms with Crippen LogP contribution in [0, 0.1) is 0 Å². The van der Waals surface area contributed by atoms with Gasteiger partial charge < -0.3 is 15.3 Å². The van der Waals surface area contributed by atoms with Gasteiger partial charge in [-0.2, -0.15) is 13.2 Å². The van der Waals surface area contributed by atoms with Crippen LogP contribution in [0.25, 0.3) is 21.5 Å². The van der Waals surface area contributed by atoms with Crippen LogP contribution < -0.4 is 5.32 Å². The molecule has 7 nitrogen and oxygen atoms in total. The first-order valence-electron chi connectivity index (χ1n) is 10.0. The Morgan fingerprint density at radius 1 is 1.18 bits per heavy atom. The molecule has 0 bridgehead atoms. The summed E-state index contributed by atoms with van der Waals surface area (Å²) in [4.78, 5) is 32.8. The van der Waals surface area contributed by atoms with Gasteiger partial charge in [0.15, 0.2) is 0 Å². The number of alkyl halides is 5. The van der Waals surface area contributed by atoms with E-state index < -0.39 is 42.5 Å². The highest BCUT2D eigenvalue weighted by Gasteiger charge is 2.36. The topological polar surface area (TPSA) is 95.4 Å². The number of pyridine rings is 1. The number of nitrogens with one attached hydrogen (secondary N) is 1. The lowest BCUT2D eigenvalue weighted by Gasteiger charge is -2.31. The van der Waals surface area contributed by atoms with Gasteiger partial charge in [0, 0.05) is 37.7 Å². The molecule has 2 N–H and O–H groups in total. The molecule has 34 heavy (non-hydrogen) atoms. The van der Waals surface area contributed by atoms with Gasteiger partial charge in [0.05, 0.1) is 33.6 Å². The maximum absolute atomic E-state index is 13.7. The van der Waals surface area contributed by atoms with E-state index in [1.807, 2.05) is 0 Å². The minimum Gasteiger partial charge on any atom is -0.465 e. The molecule has 0 atom stereocenters. The predicted molar refractivity (Wildman–Crippen MR) is 113 cm³/mol. The summed E-state index contributed by atoms with van der Waals surface area (Å²) in [5.74, 6) is -3.27. The van der Waals surface area contributed by atoms with E-state index >= 15 is 0 Å². The summed E-state index contributed by atoms with van der Waals surface area (Å²) in [6.45, 7) is -0.428. The van der Waals surface area contributed by atoms with Crippen LogP contribution in [-0.4, -0.2) is 51.0 Å². The van der Waals surface area contributed by atoms with E-state index in [4.69, 9.17) is 5.11 Å². The first-order chi connectivity index (χ1) is 15.9. The summed E-state index contributed by atoms with van der Waals surface area (Å²) in [5.41, 5.74) is -0.489. The molecule has 4 rings (SSSR count). The Hall–Kier alpha value is -3.35. The fourth-order valence-electron chi connectivity index (χ4n) is 3.57. The number of piperidine rings is 1. The van der Waals surface area contributed by atoms with Gasteiger partial charge >= 0.3 is 12.3 Å². The Morgan fingerprint density at radius 3 is 2.47 bits per heavy atom. The molecular weight excluding hydrogens is 483 g/mol. The lowest BCUT2D eigenvalue weighted by atomic mass is 10.0. The summed E-state index contributed by atoms with van der Waals surface area (Å²) in [6, 6.07) is 5.10. The molecule has 180 valence electrons. The summed E-state index contributed by atoms with van der Waals surface area (Å²) in [6.07, 6.45) is -5.67. The van der Waals surface area contributed by atoms with Crippen LogP contribution >= 0.6 is 11.3 Å². The number of aromatic nitrogens is 2. The second-order valence-corrected chi connectivity index (χ2v) is 8.80. The smallest absolute Gasteiger partial charge is 0.417 e. The van der Waals surface area contributed by atoms with E-state index in [1.54, 1.807) is 0 Å². The second-order valence-electron chi connectivity index (χ2n) is 7.72. The average molecular weight is 500 g/mol. The molecule has 2 aromatic heterocycles. The van der Waals surface area contributed by atoms with Crippen LogP contribution in [0.4, 0.5) is 26.7 Å². The Labute approximate surface area is 193 Å². The van der Waals surface area contributed by atoms with Crippen molar-refractivity contribution < 1.29 is 36.6 Å². The van der Waals surface area contributed by atoms with Crippen molar-refractivity contribution in [3.8, 4) is 11.3 Å². The van der Waals surface area contributed by atoms with Gasteiger partial charge in [-0.1, -0.05) is 0 Å². The third kappa shape index (κ3) is 5.08. The summed E-state index contributed by atoms with van der Waals surface area (Å²) >= 11 is 0.738.